The summed E-state index contributed by atoms with van der Waals surface area (Å²) in [6.07, 6.45) is 0.0379. The molecule has 0 N–H and O–H groups in total. The molecule has 0 heterocycles. The van der Waals surface area contributed by atoms with E-state index in [1.54, 1.807) is 49.6 Å². The van der Waals surface area contributed by atoms with Crippen LogP contribution in [0.4, 0.5) is 0 Å². The Balaban J connectivity index is 1.90. The van der Waals surface area contributed by atoms with Gasteiger partial charge in [0.05, 0.1) is 27.8 Å². The summed E-state index contributed by atoms with van der Waals surface area (Å²) >= 11 is 0. The minimum Gasteiger partial charge on any atom is -0.497 e. The van der Waals surface area contributed by atoms with Crippen molar-refractivity contribution in [2.75, 3.05) is 27.9 Å². The number of esters is 1. The van der Waals surface area contributed by atoms with E-state index in [0.717, 1.165) is 0 Å². The van der Waals surface area contributed by atoms with Gasteiger partial charge >= 0.3 is 5.97 Å². The first-order valence-corrected chi connectivity index (χ1v) is 7.61. The van der Waals surface area contributed by atoms with E-state index in [1.165, 1.54) is 14.2 Å². The normalized spacial score (nSPS) is 10.0. The molecular formula is C19H20O6. The van der Waals surface area contributed by atoms with Crippen molar-refractivity contribution in [2.45, 2.75) is 6.42 Å². The molecule has 0 aliphatic heterocycles. The molecule has 0 radical (unpaired) electrons. The average Bonchev–Trinajstić information content (AvgIpc) is 2.66. The maximum absolute atomic E-state index is 12.0. The lowest BCUT2D eigenvalue weighted by molar-refractivity contribution is -0.141. The van der Waals surface area contributed by atoms with E-state index < -0.39 is 5.97 Å². The number of hydrogen-bond acceptors (Lipinski definition) is 6. The number of methoxy groups -OCH3 is 3. The maximum Gasteiger partial charge on any atom is 0.310 e. The summed E-state index contributed by atoms with van der Waals surface area (Å²) < 4.78 is 20.4. The number of ketones is 1. The van der Waals surface area contributed by atoms with Gasteiger partial charge in [-0.2, -0.15) is 0 Å². The van der Waals surface area contributed by atoms with Crippen LogP contribution in [0.3, 0.4) is 0 Å². The first kappa shape index (κ1) is 18.3. The molecule has 0 spiro atoms. The minimum absolute atomic E-state index is 0.0379. The van der Waals surface area contributed by atoms with Gasteiger partial charge in [0.25, 0.3) is 0 Å². The third-order valence-electron chi connectivity index (χ3n) is 3.57. The number of ether oxygens (including phenoxy) is 4. The Kier molecular flexibility index (Phi) is 6.39. The van der Waals surface area contributed by atoms with Crippen molar-refractivity contribution in [2.24, 2.45) is 0 Å². The Bertz CT molecular complexity index is 736. The molecule has 0 saturated heterocycles. The van der Waals surface area contributed by atoms with Gasteiger partial charge in [0.1, 0.15) is 5.75 Å². The molecule has 0 aromatic heterocycles. The minimum atomic E-state index is -0.492. The van der Waals surface area contributed by atoms with Crippen LogP contribution < -0.4 is 14.2 Å². The summed E-state index contributed by atoms with van der Waals surface area (Å²) in [7, 11) is 4.61. The fraction of sp³-hybridized carbons (Fsp3) is 0.263. The number of Topliss-reactive ketones (excluding diaryl/α,β-unsaturated/α-hetero) is 1. The molecule has 0 aliphatic carbocycles. The molecule has 0 unspecified atom stereocenters. The van der Waals surface area contributed by atoms with E-state index in [4.69, 9.17) is 18.9 Å². The van der Waals surface area contributed by atoms with Crippen molar-refractivity contribution in [3.05, 3.63) is 53.6 Å². The predicted octanol–water partition coefficient (Wildman–Crippen LogP) is 2.68. The van der Waals surface area contributed by atoms with E-state index in [2.05, 4.69) is 0 Å². The average molecular weight is 344 g/mol. The van der Waals surface area contributed by atoms with Crippen LogP contribution in [-0.2, 0) is 16.0 Å². The molecule has 0 saturated carbocycles. The van der Waals surface area contributed by atoms with Crippen LogP contribution in [0.5, 0.6) is 17.2 Å². The van der Waals surface area contributed by atoms with Gasteiger partial charge in [-0.3, -0.25) is 9.59 Å². The SMILES string of the molecule is COc1ccc(C(=O)COC(=O)Cc2ccc(OC)c(OC)c2)cc1. The van der Waals surface area contributed by atoms with E-state index in [1.807, 2.05) is 0 Å². The Labute approximate surface area is 146 Å². The first-order valence-electron chi connectivity index (χ1n) is 7.61. The maximum atomic E-state index is 12.0. The van der Waals surface area contributed by atoms with Gasteiger partial charge in [0, 0.05) is 5.56 Å². The highest BCUT2D eigenvalue weighted by Crippen LogP contribution is 2.27. The molecule has 0 fully saturated rings. The number of carbonyl (C=O) groups is 2. The monoisotopic (exact) mass is 344 g/mol. The molecule has 0 bridgehead atoms. The molecule has 2 aromatic carbocycles. The standard InChI is InChI=1S/C19H20O6/c1-22-15-7-5-14(6-8-15)16(20)12-25-19(21)11-13-4-9-17(23-2)18(10-13)24-3/h4-10H,11-12H2,1-3H3. The Morgan fingerprint density at radius 3 is 2.12 bits per heavy atom. The summed E-state index contributed by atoms with van der Waals surface area (Å²) in [6, 6.07) is 11.8. The van der Waals surface area contributed by atoms with Crippen LogP contribution >= 0.6 is 0 Å². The quantitative estimate of drug-likeness (QED) is 0.542. The first-order chi connectivity index (χ1) is 12.1. The smallest absolute Gasteiger partial charge is 0.310 e. The molecule has 2 rings (SSSR count). The zero-order chi connectivity index (χ0) is 18.2. The van der Waals surface area contributed by atoms with Crippen molar-refractivity contribution in [1.29, 1.82) is 0 Å². The van der Waals surface area contributed by atoms with E-state index in [0.29, 0.717) is 28.4 Å². The summed E-state index contributed by atoms with van der Waals surface area (Å²) in [5.74, 6) is 0.996. The molecule has 132 valence electrons. The highest BCUT2D eigenvalue weighted by Gasteiger charge is 2.12. The highest BCUT2D eigenvalue weighted by atomic mass is 16.5. The van der Waals surface area contributed by atoms with Crippen LogP contribution in [0.15, 0.2) is 42.5 Å². The lowest BCUT2D eigenvalue weighted by atomic mass is 10.1. The second-order valence-corrected chi connectivity index (χ2v) is 5.18. The lowest BCUT2D eigenvalue weighted by Crippen LogP contribution is -2.15. The van der Waals surface area contributed by atoms with Gasteiger partial charge in [-0.25, -0.2) is 0 Å². The molecule has 6 heteroatoms. The van der Waals surface area contributed by atoms with Gasteiger partial charge in [0.15, 0.2) is 23.9 Å². The largest absolute Gasteiger partial charge is 0.497 e. The molecule has 2 aromatic rings. The van der Waals surface area contributed by atoms with Crippen molar-refractivity contribution >= 4 is 11.8 Å². The van der Waals surface area contributed by atoms with Crippen molar-refractivity contribution in [3.63, 3.8) is 0 Å². The summed E-state index contributed by atoms with van der Waals surface area (Å²) in [4.78, 5) is 24.0. The Hall–Kier alpha value is -3.02. The van der Waals surface area contributed by atoms with Crippen LogP contribution in [0, 0.1) is 0 Å². The second-order valence-electron chi connectivity index (χ2n) is 5.18. The van der Waals surface area contributed by atoms with Crippen LogP contribution in [-0.4, -0.2) is 39.7 Å². The second kappa shape index (κ2) is 8.73. The Morgan fingerprint density at radius 1 is 0.840 bits per heavy atom. The third kappa shape index (κ3) is 4.97. The number of hydrogen-bond donors (Lipinski definition) is 0. The molecule has 6 nitrogen and oxygen atoms in total. The van der Waals surface area contributed by atoms with Crippen LogP contribution in [0.2, 0.25) is 0 Å². The number of benzene rings is 2. The zero-order valence-corrected chi connectivity index (χ0v) is 14.4. The molecule has 0 aliphatic rings. The van der Waals surface area contributed by atoms with E-state index >= 15 is 0 Å². The van der Waals surface area contributed by atoms with Gasteiger partial charge in [-0.15, -0.1) is 0 Å². The molecular weight excluding hydrogens is 324 g/mol. The number of rotatable bonds is 8. The highest BCUT2D eigenvalue weighted by molar-refractivity contribution is 5.98. The number of carbonyl (C=O) groups excluding carboxylic acids is 2. The van der Waals surface area contributed by atoms with Gasteiger partial charge in [0.2, 0.25) is 0 Å². The molecule has 0 atom stereocenters. The van der Waals surface area contributed by atoms with Gasteiger partial charge < -0.3 is 18.9 Å². The molecule has 0 amide bonds. The van der Waals surface area contributed by atoms with Gasteiger partial charge in [-0.05, 0) is 42.0 Å². The zero-order valence-electron chi connectivity index (χ0n) is 14.4. The topological polar surface area (TPSA) is 71.1 Å². The summed E-state index contributed by atoms with van der Waals surface area (Å²) in [5.41, 5.74) is 1.17. The van der Waals surface area contributed by atoms with Gasteiger partial charge in [-0.1, -0.05) is 6.07 Å². The van der Waals surface area contributed by atoms with Crippen LogP contribution in [0.1, 0.15) is 15.9 Å². The third-order valence-corrected chi connectivity index (χ3v) is 3.57. The fourth-order valence-corrected chi connectivity index (χ4v) is 2.21. The summed E-state index contributed by atoms with van der Waals surface area (Å²) in [6.45, 7) is -0.307. The molecule has 25 heavy (non-hydrogen) atoms. The predicted molar refractivity (Wildman–Crippen MR) is 91.5 cm³/mol. The van der Waals surface area contributed by atoms with E-state index in [9.17, 15) is 9.59 Å². The summed E-state index contributed by atoms with van der Waals surface area (Å²) in [5, 5.41) is 0. The Morgan fingerprint density at radius 2 is 1.52 bits per heavy atom. The van der Waals surface area contributed by atoms with Crippen molar-refractivity contribution in [1.82, 2.24) is 0 Å². The van der Waals surface area contributed by atoms with Crippen molar-refractivity contribution < 1.29 is 28.5 Å². The van der Waals surface area contributed by atoms with Crippen molar-refractivity contribution in [3.8, 4) is 17.2 Å². The van der Waals surface area contributed by atoms with E-state index in [-0.39, 0.29) is 18.8 Å². The fourth-order valence-electron chi connectivity index (χ4n) is 2.21. The lowest BCUT2D eigenvalue weighted by Gasteiger charge is -2.09. The van der Waals surface area contributed by atoms with Crippen LogP contribution in [0.25, 0.3) is 0 Å².